The summed E-state index contributed by atoms with van der Waals surface area (Å²) in [6.07, 6.45) is 3.06. The molecule has 3 aromatic rings. The standard InChI is InChI=1S/C17H11F2N3O/c18-13-6-5-12(9-14(13)19)22-17(23)11-4-7-16(21-10-11)15-3-1-2-8-20-15/h1-10H,(H,22,23). The van der Waals surface area contributed by atoms with Crippen LogP contribution in [0.5, 0.6) is 0 Å². The van der Waals surface area contributed by atoms with Gasteiger partial charge in [0.2, 0.25) is 0 Å². The minimum absolute atomic E-state index is 0.169. The molecule has 2 heterocycles. The van der Waals surface area contributed by atoms with Gasteiger partial charge >= 0.3 is 0 Å². The van der Waals surface area contributed by atoms with Crippen LogP contribution in [0.2, 0.25) is 0 Å². The van der Waals surface area contributed by atoms with E-state index in [4.69, 9.17) is 0 Å². The molecule has 1 N–H and O–H groups in total. The molecule has 1 aromatic carbocycles. The number of carbonyl (C=O) groups excluding carboxylic acids is 1. The number of benzene rings is 1. The van der Waals surface area contributed by atoms with Crippen molar-refractivity contribution < 1.29 is 13.6 Å². The van der Waals surface area contributed by atoms with Gasteiger partial charge in [0.15, 0.2) is 11.6 Å². The van der Waals surface area contributed by atoms with E-state index < -0.39 is 17.5 Å². The lowest BCUT2D eigenvalue weighted by molar-refractivity contribution is 0.102. The molecule has 0 saturated heterocycles. The highest BCUT2D eigenvalue weighted by Gasteiger charge is 2.09. The van der Waals surface area contributed by atoms with Gasteiger partial charge in [0.1, 0.15) is 0 Å². The number of amides is 1. The first-order valence-corrected chi connectivity index (χ1v) is 6.77. The highest BCUT2D eigenvalue weighted by atomic mass is 19.2. The largest absolute Gasteiger partial charge is 0.322 e. The van der Waals surface area contributed by atoms with E-state index in [1.54, 1.807) is 24.4 Å². The molecule has 0 bridgehead atoms. The van der Waals surface area contributed by atoms with Crippen molar-refractivity contribution in [3.8, 4) is 11.4 Å². The minimum Gasteiger partial charge on any atom is -0.322 e. The second kappa shape index (κ2) is 6.31. The maximum absolute atomic E-state index is 13.1. The third kappa shape index (κ3) is 3.37. The Hall–Kier alpha value is -3.15. The number of hydrogen-bond donors (Lipinski definition) is 1. The first-order valence-electron chi connectivity index (χ1n) is 6.77. The zero-order valence-corrected chi connectivity index (χ0v) is 11.8. The molecule has 0 aliphatic carbocycles. The van der Waals surface area contributed by atoms with Gasteiger partial charge in [0.25, 0.3) is 5.91 Å². The predicted octanol–water partition coefficient (Wildman–Crippen LogP) is 3.67. The molecule has 6 heteroatoms. The molecule has 4 nitrogen and oxygen atoms in total. The first kappa shape index (κ1) is 14.8. The van der Waals surface area contributed by atoms with Crippen LogP contribution in [0.4, 0.5) is 14.5 Å². The summed E-state index contributed by atoms with van der Waals surface area (Å²) in [5.41, 5.74) is 1.80. The van der Waals surface area contributed by atoms with Crippen molar-refractivity contribution in [2.75, 3.05) is 5.32 Å². The van der Waals surface area contributed by atoms with Crippen molar-refractivity contribution >= 4 is 11.6 Å². The van der Waals surface area contributed by atoms with Crippen molar-refractivity contribution in [2.24, 2.45) is 0 Å². The summed E-state index contributed by atoms with van der Waals surface area (Å²) in [5.74, 6) is -2.45. The van der Waals surface area contributed by atoms with Gasteiger partial charge in [-0.15, -0.1) is 0 Å². The highest BCUT2D eigenvalue weighted by molar-refractivity contribution is 6.04. The Bertz CT molecular complexity index is 836. The number of halogens is 2. The molecule has 0 unspecified atom stereocenters. The summed E-state index contributed by atoms with van der Waals surface area (Å²) >= 11 is 0. The van der Waals surface area contributed by atoms with Crippen LogP contribution in [0.3, 0.4) is 0 Å². The Morgan fingerprint density at radius 2 is 1.74 bits per heavy atom. The van der Waals surface area contributed by atoms with E-state index in [9.17, 15) is 13.6 Å². The minimum atomic E-state index is -1.02. The van der Waals surface area contributed by atoms with E-state index in [0.29, 0.717) is 17.0 Å². The van der Waals surface area contributed by atoms with Gasteiger partial charge in [0.05, 0.1) is 17.0 Å². The Labute approximate surface area is 130 Å². The van der Waals surface area contributed by atoms with Crippen LogP contribution in [-0.4, -0.2) is 15.9 Å². The van der Waals surface area contributed by atoms with E-state index in [0.717, 1.165) is 12.1 Å². The Morgan fingerprint density at radius 3 is 2.39 bits per heavy atom. The third-order valence-corrected chi connectivity index (χ3v) is 3.13. The van der Waals surface area contributed by atoms with Gasteiger partial charge in [-0.1, -0.05) is 6.07 Å². The molecule has 3 rings (SSSR count). The van der Waals surface area contributed by atoms with Crippen LogP contribution in [0.1, 0.15) is 10.4 Å². The van der Waals surface area contributed by atoms with Crippen LogP contribution in [-0.2, 0) is 0 Å². The fourth-order valence-electron chi connectivity index (χ4n) is 1.97. The lowest BCUT2D eigenvalue weighted by Gasteiger charge is -2.06. The molecule has 2 aromatic heterocycles. The van der Waals surface area contributed by atoms with Gasteiger partial charge in [-0.25, -0.2) is 8.78 Å². The number of aromatic nitrogens is 2. The van der Waals surface area contributed by atoms with E-state index in [2.05, 4.69) is 15.3 Å². The fraction of sp³-hybridized carbons (Fsp3) is 0. The number of hydrogen-bond acceptors (Lipinski definition) is 3. The lowest BCUT2D eigenvalue weighted by atomic mass is 10.2. The topological polar surface area (TPSA) is 54.9 Å². The number of carbonyl (C=O) groups is 1. The van der Waals surface area contributed by atoms with Crippen LogP contribution in [0, 0.1) is 11.6 Å². The molecule has 0 saturated carbocycles. The summed E-state index contributed by atoms with van der Waals surface area (Å²) in [6.45, 7) is 0. The second-order valence-electron chi connectivity index (χ2n) is 4.73. The molecule has 0 spiro atoms. The van der Waals surface area contributed by atoms with E-state index in [1.807, 2.05) is 12.1 Å². The van der Waals surface area contributed by atoms with Gasteiger partial charge in [-0.05, 0) is 36.4 Å². The average Bonchev–Trinajstić information content (AvgIpc) is 2.59. The highest BCUT2D eigenvalue weighted by Crippen LogP contribution is 2.16. The maximum atomic E-state index is 13.1. The van der Waals surface area contributed by atoms with E-state index in [1.165, 1.54) is 12.3 Å². The van der Waals surface area contributed by atoms with Crippen LogP contribution >= 0.6 is 0 Å². The predicted molar refractivity (Wildman–Crippen MR) is 81.8 cm³/mol. The lowest BCUT2D eigenvalue weighted by Crippen LogP contribution is -2.12. The van der Waals surface area contributed by atoms with Crippen molar-refractivity contribution in [3.63, 3.8) is 0 Å². The number of rotatable bonds is 3. The number of anilines is 1. The molecule has 1 amide bonds. The summed E-state index contributed by atoms with van der Waals surface area (Å²) < 4.78 is 26.0. The molecule has 114 valence electrons. The third-order valence-electron chi connectivity index (χ3n) is 3.13. The SMILES string of the molecule is O=C(Nc1ccc(F)c(F)c1)c1ccc(-c2ccccn2)nc1. The monoisotopic (exact) mass is 311 g/mol. The quantitative estimate of drug-likeness (QED) is 0.803. The summed E-state index contributed by atoms with van der Waals surface area (Å²) in [6, 6.07) is 11.9. The zero-order valence-electron chi connectivity index (χ0n) is 11.8. The Balaban J connectivity index is 1.76. The van der Waals surface area contributed by atoms with Crippen LogP contribution < -0.4 is 5.32 Å². The molecule has 0 fully saturated rings. The molecule has 23 heavy (non-hydrogen) atoms. The molecule has 0 aliphatic heterocycles. The molecular weight excluding hydrogens is 300 g/mol. The molecule has 0 aliphatic rings. The Kier molecular flexibility index (Phi) is 4.05. The summed E-state index contributed by atoms with van der Waals surface area (Å²) in [5, 5.41) is 2.48. The number of pyridine rings is 2. The maximum Gasteiger partial charge on any atom is 0.257 e. The Morgan fingerprint density at radius 1 is 0.913 bits per heavy atom. The van der Waals surface area contributed by atoms with Gasteiger partial charge in [0, 0.05) is 24.1 Å². The van der Waals surface area contributed by atoms with Crippen molar-refractivity contribution in [1.29, 1.82) is 0 Å². The molecule has 0 radical (unpaired) electrons. The number of nitrogens with zero attached hydrogens (tertiary/aromatic N) is 2. The van der Waals surface area contributed by atoms with E-state index >= 15 is 0 Å². The van der Waals surface area contributed by atoms with Gasteiger partial charge in [-0.2, -0.15) is 0 Å². The summed E-state index contributed by atoms with van der Waals surface area (Å²) in [4.78, 5) is 20.4. The average molecular weight is 311 g/mol. The van der Waals surface area contributed by atoms with Gasteiger partial charge < -0.3 is 5.32 Å². The van der Waals surface area contributed by atoms with Crippen molar-refractivity contribution in [3.05, 3.63) is 78.1 Å². The summed E-state index contributed by atoms with van der Waals surface area (Å²) in [7, 11) is 0. The molecule has 0 atom stereocenters. The van der Waals surface area contributed by atoms with Crippen molar-refractivity contribution in [2.45, 2.75) is 0 Å². The molecular formula is C17H11F2N3O. The normalized spacial score (nSPS) is 10.3. The van der Waals surface area contributed by atoms with Crippen LogP contribution in [0.15, 0.2) is 60.9 Å². The van der Waals surface area contributed by atoms with E-state index in [-0.39, 0.29) is 5.69 Å². The number of nitrogens with one attached hydrogen (secondary N) is 1. The smallest absolute Gasteiger partial charge is 0.257 e. The van der Waals surface area contributed by atoms with Crippen molar-refractivity contribution in [1.82, 2.24) is 9.97 Å². The first-order chi connectivity index (χ1) is 11.1. The van der Waals surface area contributed by atoms with Gasteiger partial charge in [-0.3, -0.25) is 14.8 Å². The van der Waals surface area contributed by atoms with Crippen LogP contribution in [0.25, 0.3) is 11.4 Å². The fourth-order valence-corrected chi connectivity index (χ4v) is 1.97. The second-order valence-corrected chi connectivity index (χ2v) is 4.73. The zero-order chi connectivity index (χ0) is 16.2.